The molecular formula is C12H12BrN3O2. The number of pyridine rings is 1. The molecule has 1 fully saturated rings. The normalized spacial score (nSPS) is 15.2. The maximum Gasteiger partial charge on any atom is 0.356 e. The van der Waals surface area contributed by atoms with Crippen LogP contribution in [0.25, 0.3) is 5.52 Å². The number of carbonyl (C=O) groups is 1. The van der Waals surface area contributed by atoms with Crippen molar-refractivity contribution in [1.82, 2.24) is 14.7 Å². The third kappa shape index (κ3) is 2.13. The van der Waals surface area contributed by atoms with Gasteiger partial charge in [0.2, 0.25) is 0 Å². The quantitative estimate of drug-likeness (QED) is 0.907. The summed E-state index contributed by atoms with van der Waals surface area (Å²) in [5.41, 5.74) is 0.716. The fraction of sp³-hybridized carbons (Fsp3) is 0.333. The number of aromatic carboxylic acids is 1. The van der Waals surface area contributed by atoms with E-state index in [0.717, 1.165) is 10.3 Å². The Hall–Kier alpha value is -1.40. The fourth-order valence-electron chi connectivity index (χ4n) is 1.93. The summed E-state index contributed by atoms with van der Waals surface area (Å²) in [5, 5.41) is 12.5. The molecule has 18 heavy (non-hydrogen) atoms. The van der Waals surface area contributed by atoms with Crippen LogP contribution in [0.1, 0.15) is 29.2 Å². The van der Waals surface area contributed by atoms with Gasteiger partial charge in [-0.15, -0.1) is 0 Å². The Kier molecular flexibility index (Phi) is 2.83. The Balaban J connectivity index is 2.04. The highest BCUT2D eigenvalue weighted by molar-refractivity contribution is 9.10. The lowest BCUT2D eigenvalue weighted by Gasteiger charge is -2.02. The number of nitrogens with one attached hydrogen (secondary N) is 1. The van der Waals surface area contributed by atoms with Crippen molar-refractivity contribution in [1.29, 1.82) is 0 Å². The van der Waals surface area contributed by atoms with Crippen LogP contribution in [0.15, 0.2) is 22.8 Å². The highest BCUT2D eigenvalue weighted by Gasteiger charge is 2.22. The average Bonchev–Trinajstić information content (AvgIpc) is 3.08. The topological polar surface area (TPSA) is 66.6 Å². The monoisotopic (exact) mass is 309 g/mol. The van der Waals surface area contributed by atoms with Crippen LogP contribution >= 0.6 is 15.9 Å². The molecule has 0 radical (unpaired) electrons. The number of aromatic nitrogens is 2. The molecule has 0 aliphatic heterocycles. The van der Waals surface area contributed by atoms with Crippen LogP contribution in [-0.2, 0) is 6.54 Å². The Bertz CT molecular complexity index is 619. The lowest BCUT2D eigenvalue weighted by Crippen LogP contribution is -2.17. The molecular weight excluding hydrogens is 298 g/mol. The maximum atomic E-state index is 11.2. The molecule has 1 saturated carbocycles. The molecule has 0 atom stereocenters. The zero-order chi connectivity index (χ0) is 12.7. The zero-order valence-corrected chi connectivity index (χ0v) is 11.1. The van der Waals surface area contributed by atoms with Gasteiger partial charge < -0.3 is 14.8 Å². The number of nitrogens with zero attached hydrogens (tertiary/aromatic N) is 2. The molecule has 0 bridgehead atoms. The van der Waals surface area contributed by atoms with E-state index in [0.29, 0.717) is 18.1 Å². The van der Waals surface area contributed by atoms with Gasteiger partial charge >= 0.3 is 5.97 Å². The minimum absolute atomic E-state index is 0.101. The van der Waals surface area contributed by atoms with Gasteiger partial charge in [0.05, 0.1) is 12.1 Å². The number of hydrogen-bond acceptors (Lipinski definition) is 3. The van der Waals surface area contributed by atoms with Crippen LogP contribution in [0, 0.1) is 0 Å². The standard InChI is InChI=1S/C12H12BrN3O2/c13-7-3-4-16-9(5-7)11(12(17)18)15-10(16)6-14-8-1-2-8/h3-5,8,14H,1-2,6H2,(H,17,18). The Labute approximate surface area is 112 Å². The van der Waals surface area contributed by atoms with Crippen LogP contribution < -0.4 is 5.32 Å². The van der Waals surface area contributed by atoms with Crippen molar-refractivity contribution in [2.24, 2.45) is 0 Å². The van der Waals surface area contributed by atoms with E-state index >= 15 is 0 Å². The van der Waals surface area contributed by atoms with Gasteiger partial charge in [0.25, 0.3) is 0 Å². The Morgan fingerprint density at radius 3 is 3.06 bits per heavy atom. The molecule has 0 unspecified atom stereocenters. The lowest BCUT2D eigenvalue weighted by atomic mass is 10.3. The van der Waals surface area contributed by atoms with Gasteiger partial charge in [-0.05, 0) is 25.0 Å². The van der Waals surface area contributed by atoms with E-state index in [1.54, 1.807) is 6.07 Å². The molecule has 2 aromatic rings. The maximum absolute atomic E-state index is 11.2. The first-order valence-corrected chi connectivity index (χ1v) is 6.57. The summed E-state index contributed by atoms with van der Waals surface area (Å²) in [6.45, 7) is 0.598. The summed E-state index contributed by atoms with van der Waals surface area (Å²) in [4.78, 5) is 15.4. The molecule has 5 nitrogen and oxygen atoms in total. The van der Waals surface area contributed by atoms with Gasteiger partial charge in [0.1, 0.15) is 5.82 Å². The third-order valence-corrected chi connectivity index (χ3v) is 3.50. The molecule has 2 aromatic heterocycles. The van der Waals surface area contributed by atoms with Gasteiger partial charge in [-0.2, -0.15) is 0 Å². The van der Waals surface area contributed by atoms with Crippen molar-refractivity contribution >= 4 is 27.4 Å². The number of rotatable bonds is 4. The first kappa shape index (κ1) is 11.7. The molecule has 1 aliphatic carbocycles. The SMILES string of the molecule is O=C(O)c1nc(CNC2CC2)n2ccc(Br)cc12. The van der Waals surface area contributed by atoms with Crippen molar-refractivity contribution in [2.45, 2.75) is 25.4 Å². The van der Waals surface area contributed by atoms with Crippen molar-refractivity contribution in [3.05, 3.63) is 34.3 Å². The predicted octanol–water partition coefficient (Wildman–Crippen LogP) is 2.05. The minimum atomic E-state index is -0.997. The molecule has 2 heterocycles. The van der Waals surface area contributed by atoms with Crippen LogP contribution in [0.5, 0.6) is 0 Å². The smallest absolute Gasteiger partial charge is 0.356 e. The highest BCUT2D eigenvalue weighted by Crippen LogP contribution is 2.21. The van der Waals surface area contributed by atoms with Gasteiger partial charge in [0, 0.05) is 16.7 Å². The number of hydrogen-bond donors (Lipinski definition) is 2. The number of fused-ring (bicyclic) bond motifs is 1. The summed E-state index contributed by atoms with van der Waals surface area (Å²) < 4.78 is 2.67. The molecule has 2 N–H and O–H groups in total. The number of carboxylic acids is 1. The number of imidazole rings is 1. The highest BCUT2D eigenvalue weighted by atomic mass is 79.9. The molecule has 0 spiro atoms. The van der Waals surface area contributed by atoms with Crippen molar-refractivity contribution in [2.75, 3.05) is 0 Å². The van der Waals surface area contributed by atoms with Crippen LogP contribution in [0.3, 0.4) is 0 Å². The van der Waals surface area contributed by atoms with E-state index in [9.17, 15) is 4.79 Å². The van der Waals surface area contributed by atoms with Crippen molar-refractivity contribution < 1.29 is 9.90 Å². The van der Waals surface area contributed by atoms with E-state index in [1.165, 1.54) is 12.8 Å². The summed E-state index contributed by atoms with van der Waals surface area (Å²) in [6.07, 6.45) is 4.23. The van der Waals surface area contributed by atoms with E-state index in [1.807, 2.05) is 16.7 Å². The summed E-state index contributed by atoms with van der Waals surface area (Å²) in [7, 11) is 0. The summed E-state index contributed by atoms with van der Waals surface area (Å²) in [5.74, 6) is -0.259. The van der Waals surface area contributed by atoms with Crippen molar-refractivity contribution in [3.63, 3.8) is 0 Å². The summed E-state index contributed by atoms with van der Waals surface area (Å²) in [6, 6.07) is 4.22. The largest absolute Gasteiger partial charge is 0.476 e. The van der Waals surface area contributed by atoms with E-state index < -0.39 is 5.97 Å². The molecule has 6 heteroatoms. The van der Waals surface area contributed by atoms with Gasteiger partial charge in [-0.25, -0.2) is 9.78 Å². The Morgan fingerprint density at radius 2 is 2.39 bits per heavy atom. The molecule has 94 valence electrons. The molecule has 0 aromatic carbocycles. The van der Waals surface area contributed by atoms with Gasteiger partial charge in [0.15, 0.2) is 5.69 Å². The van der Waals surface area contributed by atoms with Crippen LogP contribution in [-0.4, -0.2) is 26.5 Å². The van der Waals surface area contributed by atoms with Crippen LogP contribution in [0.2, 0.25) is 0 Å². The number of carboxylic acid groups (broad SMARTS) is 1. The molecule has 0 saturated heterocycles. The fourth-order valence-corrected chi connectivity index (χ4v) is 2.26. The van der Waals surface area contributed by atoms with Gasteiger partial charge in [-0.1, -0.05) is 15.9 Å². The zero-order valence-electron chi connectivity index (χ0n) is 9.56. The van der Waals surface area contributed by atoms with Crippen LogP contribution in [0.4, 0.5) is 0 Å². The average molecular weight is 310 g/mol. The first-order chi connectivity index (χ1) is 8.65. The van der Waals surface area contributed by atoms with E-state index in [4.69, 9.17) is 5.11 Å². The number of halogens is 1. The third-order valence-electron chi connectivity index (χ3n) is 3.01. The molecule has 1 aliphatic rings. The molecule has 0 amide bonds. The Morgan fingerprint density at radius 1 is 1.61 bits per heavy atom. The van der Waals surface area contributed by atoms with Crippen molar-refractivity contribution in [3.8, 4) is 0 Å². The predicted molar refractivity (Wildman–Crippen MR) is 69.7 cm³/mol. The van der Waals surface area contributed by atoms with Gasteiger partial charge in [-0.3, -0.25) is 0 Å². The van der Waals surface area contributed by atoms with E-state index in [2.05, 4.69) is 26.2 Å². The second-order valence-electron chi connectivity index (χ2n) is 4.44. The summed E-state index contributed by atoms with van der Waals surface area (Å²) >= 11 is 3.35. The second-order valence-corrected chi connectivity index (χ2v) is 5.35. The molecule has 3 rings (SSSR count). The first-order valence-electron chi connectivity index (χ1n) is 5.78. The lowest BCUT2D eigenvalue weighted by molar-refractivity contribution is 0.0693. The van der Waals surface area contributed by atoms with E-state index in [-0.39, 0.29) is 5.69 Å². The minimum Gasteiger partial charge on any atom is -0.476 e. The second kappa shape index (κ2) is 4.37.